The molecule has 0 saturated carbocycles. The molecule has 1 N–H and O–H groups in total. The molecule has 0 saturated heterocycles. The van der Waals surface area contributed by atoms with E-state index in [4.69, 9.17) is 4.74 Å². The van der Waals surface area contributed by atoms with Crippen molar-refractivity contribution in [3.63, 3.8) is 0 Å². The number of carbonyl (C=O) groups is 1. The first-order chi connectivity index (χ1) is 12.2. The lowest BCUT2D eigenvalue weighted by molar-refractivity contribution is 0.0523. The summed E-state index contributed by atoms with van der Waals surface area (Å²) in [6.07, 6.45) is 5.51. The highest BCUT2D eigenvalue weighted by atomic mass is 16.6. The average molecular weight is 353 g/mol. The van der Waals surface area contributed by atoms with Crippen LogP contribution in [0.2, 0.25) is 0 Å². The minimum Gasteiger partial charge on any atom is -0.444 e. The Kier molecular flexibility index (Phi) is 6.39. The maximum Gasteiger partial charge on any atom is 0.407 e. The largest absolute Gasteiger partial charge is 0.444 e. The summed E-state index contributed by atoms with van der Waals surface area (Å²) in [5.41, 5.74) is 2.66. The van der Waals surface area contributed by atoms with Crippen LogP contribution in [-0.4, -0.2) is 30.8 Å². The number of anilines is 1. The third kappa shape index (κ3) is 6.59. The summed E-state index contributed by atoms with van der Waals surface area (Å²) in [5, 5.41) is 2.76. The van der Waals surface area contributed by atoms with Gasteiger partial charge >= 0.3 is 6.09 Å². The highest BCUT2D eigenvalue weighted by Crippen LogP contribution is 2.12. The highest BCUT2D eigenvalue weighted by Gasteiger charge is 2.15. The van der Waals surface area contributed by atoms with Crippen molar-refractivity contribution in [1.29, 1.82) is 0 Å². The zero-order chi connectivity index (χ0) is 19.2. The summed E-state index contributed by atoms with van der Waals surface area (Å²) in [6.45, 7) is 5.97. The van der Waals surface area contributed by atoms with Gasteiger partial charge in [-0.05, 0) is 49.6 Å². The molecule has 0 aliphatic rings. The Hall–Kier alpha value is -2.82. The Morgan fingerprint density at radius 3 is 2.23 bits per heavy atom. The van der Waals surface area contributed by atoms with E-state index in [-0.39, 0.29) is 0 Å². The zero-order valence-corrected chi connectivity index (χ0v) is 16.1. The molecule has 138 valence electrons. The summed E-state index contributed by atoms with van der Waals surface area (Å²) in [5.74, 6) is 0.934. The van der Waals surface area contributed by atoms with Gasteiger partial charge in [-0.3, -0.25) is 0 Å². The lowest BCUT2D eigenvalue weighted by Crippen LogP contribution is -2.32. The highest BCUT2D eigenvalue weighted by molar-refractivity contribution is 5.70. The topological polar surface area (TPSA) is 54.5 Å². The van der Waals surface area contributed by atoms with Crippen LogP contribution >= 0.6 is 0 Å². The van der Waals surface area contributed by atoms with Crippen LogP contribution < -0.4 is 10.2 Å². The first-order valence-electron chi connectivity index (χ1n) is 8.60. The van der Waals surface area contributed by atoms with E-state index < -0.39 is 11.7 Å². The number of alkyl carbamates (subject to hydrolysis) is 1. The molecule has 1 aromatic carbocycles. The minimum absolute atomic E-state index is 0.407. The maximum absolute atomic E-state index is 11.7. The van der Waals surface area contributed by atoms with Crippen LogP contribution in [0.3, 0.4) is 0 Å². The standard InChI is InChI=1S/C21H27N3O2/c1-21(2,3)26-20(25)23-15-17-9-6-16(7-10-17)8-11-18-12-13-19(22-14-18)24(4)5/h6-14H,15H2,1-5H3,(H,23,25)/b11-8+. The fourth-order valence-corrected chi connectivity index (χ4v) is 2.19. The van der Waals surface area contributed by atoms with Crippen molar-refractivity contribution < 1.29 is 9.53 Å². The lowest BCUT2D eigenvalue weighted by atomic mass is 10.1. The van der Waals surface area contributed by atoms with Crippen LogP contribution in [0.25, 0.3) is 12.2 Å². The predicted octanol–water partition coefficient (Wildman–Crippen LogP) is 4.34. The third-order valence-electron chi connectivity index (χ3n) is 3.51. The fourth-order valence-electron chi connectivity index (χ4n) is 2.19. The number of pyridine rings is 1. The monoisotopic (exact) mass is 353 g/mol. The molecule has 0 spiro atoms. The minimum atomic E-state index is -0.488. The van der Waals surface area contributed by atoms with E-state index in [1.807, 2.05) is 94.5 Å². The van der Waals surface area contributed by atoms with Gasteiger partial charge in [-0.15, -0.1) is 0 Å². The van der Waals surface area contributed by atoms with Crippen molar-refractivity contribution >= 4 is 24.1 Å². The number of rotatable bonds is 5. The number of nitrogens with one attached hydrogen (secondary N) is 1. The average Bonchev–Trinajstić information content (AvgIpc) is 2.58. The Morgan fingerprint density at radius 2 is 1.69 bits per heavy atom. The molecule has 26 heavy (non-hydrogen) atoms. The SMILES string of the molecule is CN(C)c1ccc(/C=C/c2ccc(CNC(=O)OC(C)(C)C)cc2)cn1. The van der Waals surface area contributed by atoms with Crippen LogP contribution in [0.1, 0.15) is 37.5 Å². The molecule has 0 aliphatic heterocycles. The van der Waals surface area contributed by atoms with E-state index in [1.165, 1.54) is 0 Å². The van der Waals surface area contributed by atoms with Crippen molar-refractivity contribution in [1.82, 2.24) is 10.3 Å². The summed E-state index contributed by atoms with van der Waals surface area (Å²) >= 11 is 0. The van der Waals surface area contributed by atoms with E-state index in [0.29, 0.717) is 6.54 Å². The van der Waals surface area contributed by atoms with Gasteiger partial charge in [0.1, 0.15) is 11.4 Å². The second kappa shape index (κ2) is 8.52. The Bertz CT molecular complexity index is 742. The van der Waals surface area contributed by atoms with Crippen LogP contribution in [0.15, 0.2) is 42.6 Å². The number of amides is 1. The van der Waals surface area contributed by atoms with Gasteiger partial charge in [0.15, 0.2) is 0 Å². The molecule has 5 nitrogen and oxygen atoms in total. The maximum atomic E-state index is 11.7. The second-order valence-electron chi connectivity index (χ2n) is 7.27. The Balaban J connectivity index is 1.89. The molecule has 2 aromatic rings. The van der Waals surface area contributed by atoms with Crippen molar-refractivity contribution in [2.45, 2.75) is 32.9 Å². The molecule has 0 bridgehead atoms. The van der Waals surface area contributed by atoms with E-state index in [0.717, 1.165) is 22.5 Å². The number of carbonyl (C=O) groups excluding carboxylic acids is 1. The van der Waals surface area contributed by atoms with Gasteiger partial charge < -0.3 is 15.0 Å². The molecular weight excluding hydrogens is 326 g/mol. The van der Waals surface area contributed by atoms with E-state index in [9.17, 15) is 4.79 Å². The number of nitrogens with zero attached hydrogens (tertiary/aromatic N) is 2. The second-order valence-corrected chi connectivity index (χ2v) is 7.27. The number of benzene rings is 1. The summed E-state index contributed by atoms with van der Waals surface area (Å²) in [4.78, 5) is 18.0. The summed E-state index contributed by atoms with van der Waals surface area (Å²) in [7, 11) is 3.94. The molecule has 0 aliphatic carbocycles. The van der Waals surface area contributed by atoms with Gasteiger partial charge in [0, 0.05) is 26.8 Å². The van der Waals surface area contributed by atoms with Gasteiger partial charge in [-0.1, -0.05) is 36.4 Å². The van der Waals surface area contributed by atoms with E-state index >= 15 is 0 Å². The van der Waals surface area contributed by atoms with E-state index in [2.05, 4.69) is 10.3 Å². The lowest BCUT2D eigenvalue weighted by Gasteiger charge is -2.19. The smallest absolute Gasteiger partial charge is 0.407 e. The number of hydrogen-bond donors (Lipinski definition) is 1. The molecule has 0 radical (unpaired) electrons. The first-order valence-corrected chi connectivity index (χ1v) is 8.60. The molecule has 0 atom stereocenters. The molecular formula is C21H27N3O2. The van der Waals surface area contributed by atoms with Crippen molar-refractivity contribution in [2.75, 3.05) is 19.0 Å². The molecule has 1 aromatic heterocycles. The van der Waals surface area contributed by atoms with Gasteiger partial charge in [-0.25, -0.2) is 9.78 Å². The van der Waals surface area contributed by atoms with E-state index in [1.54, 1.807) is 0 Å². The molecule has 0 fully saturated rings. The molecule has 0 unspecified atom stereocenters. The molecule has 1 amide bonds. The van der Waals surface area contributed by atoms with Crippen LogP contribution in [0, 0.1) is 0 Å². The number of aromatic nitrogens is 1. The number of ether oxygens (including phenoxy) is 1. The van der Waals surface area contributed by atoms with Crippen molar-refractivity contribution in [3.8, 4) is 0 Å². The Labute approximate surface area is 155 Å². The molecule has 5 heteroatoms. The van der Waals surface area contributed by atoms with Crippen molar-refractivity contribution in [2.24, 2.45) is 0 Å². The van der Waals surface area contributed by atoms with Crippen LogP contribution in [0.5, 0.6) is 0 Å². The molecule has 1 heterocycles. The normalized spacial score (nSPS) is 11.4. The predicted molar refractivity (Wildman–Crippen MR) is 107 cm³/mol. The first kappa shape index (κ1) is 19.5. The van der Waals surface area contributed by atoms with Gasteiger partial charge in [0.2, 0.25) is 0 Å². The van der Waals surface area contributed by atoms with Gasteiger partial charge in [-0.2, -0.15) is 0 Å². The van der Waals surface area contributed by atoms with Crippen LogP contribution in [0.4, 0.5) is 10.6 Å². The number of hydrogen-bond acceptors (Lipinski definition) is 4. The zero-order valence-electron chi connectivity index (χ0n) is 16.1. The quantitative estimate of drug-likeness (QED) is 0.869. The van der Waals surface area contributed by atoms with Crippen molar-refractivity contribution in [3.05, 3.63) is 59.3 Å². The van der Waals surface area contributed by atoms with Crippen LogP contribution in [-0.2, 0) is 11.3 Å². The summed E-state index contributed by atoms with van der Waals surface area (Å²) in [6, 6.07) is 12.0. The third-order valence-corrected chi connectivity index (χ3v) is 3.51. The Morgan fingerprint density at radius 1 is 1.08 bits per heavy atom. The van der Waals surface area contributed by atoms with Gasteiger partial charge in [0.05, 0.1) is 0 Å². The fraction of sp³-hybridized carbons (Fsp3) is 0.333. The van der Waals surface area contributed by atoms with Gasteiger partial charge in [0.25, 0.3) is 0 Å². The molecule has 2 rings (SSSR count). The summed E-state index contributed by atoms with van der Waals surface area (Å²) < 4.78 is 5.22.